The predicted octanol–water partition coefficient (Wildman–Crippen LogP) is 3.69. The maximum absolute atomic E-state index is 4.65. The summed E-state index contributed by atoms with van der Waals surface area (Å²) in [6.45, 7) is 0. The van der Waals surface area contributed by atoms with E-state index in [2.05, 4.69) is 19.9 Å². The number of imidazole rings is 1. The number of para-hydroxylation sites is 2. The summed E-state index contributed by atoms with van der Waals surface area (Å²) in [5, 5.41) is 0. The van der Waals surface area contributed by atoms with Crippen LogP contribution in [0.15, 0.2) is 67.0 Å². The zero-order valence-electron chi connectivity index (χ0n) is 11.2. The lowest BCUT2D eigenvalue weighted by atomic mass is 10.1. The van der Waals surface area contributed by atoms with Crippen molar-refractivity contribution in [1.82, 2.24) is 19.9 Å². The first-order valence-corrected chi connectivity index (χ1v) is 6.73. The molecule has 0 fully saturated rings. The molecule has 0 amide bonds. The highest BCUT2D eigenvalue weighted by atomic mass is 15.0. The molecule has 4 nitrogen and oxygen atoms in total. The molecule has 4 heteroatoms. The Morgan fingerprint density at radius 1 is 0.714 bits per heavy atom. The van der Waals surface area contributed by atoms with Crippen molar-refractivity contribution < 1.29 is 0 Å². The highest BCUT2D eigenvalue weighted by molar-refractivity contribution is 5.78. The van der Waals surface area contributed by atoms with Crippen LogP contribution in [0.5, 0.6) is 0 Å². The number of H-pyrrole nitrogens is 1. The van der Waals surface area contributed by atoms with Gasteiger partial charge in [-0.1, -0.05) is 42.5 Å². The molecule has 0 aliphatic carbocycles. The van der Waals surface area contributed by atoms with Crippen molar-refractivity contribution >= 4 is 11.0 Å². The fourth-order valence-corrected chi connectivity index (χ4v) is 2.30. The van der Waals surface area contributed by atoms with Gasteiger partial charge in [-0.25, -0.2) is 9.97 Å². The predicted molar refractivity (Wildman–Crippen MR) is 82.6 cm³/mol. The Labute approximate surface area is 121 Å². The first kappa shape index (κ1) is 11.8. The van der Waals surface area contributed by atoms with Gasteiger partial charge < -0.3 is 4.98 Å². The van der Waals surface area contributed by atoms with Crippen LogP contribution >= 0.6 is 0 Å². The van der Waals surface area contributed by atoms with Gasteiger partial charge in [-0.3, -0.25) is 4.98 Å². The zero-order chi connectivity index (χ0) is 14.1. The van der Waals surface area contributed by atoms with Crippen LogP contribution in [0.1, 0.15) is 0 Å². The Hall–Kier alpha value is -3.01. The van der Waals surface area contributed by atoms with E-state index in [-0.39, 0.29) is 0 Å². The van der Waals surface area contributed by atoms with Gasteiger partial charge in [-0.15, -0.1) is 0 Å². The number of aromatic amines is 1. The van der Waals surface area contributed by atoms with Crippen molar-refractivity contribution in [2.24, 2.45) is 0 Å². The van der Waals surface area contributed by atoms with Crippen LogP contribution in [0.4, 0.5) is 0 Å². The summed E-state index contributed by atoms with van der Waals surface area (Å²) < 4.78 is 0. The highest BCUT2D eigenvalue weighted by Crippen LogP contribution is 2.21. The van der Waals surface area contributed by atoms with Gasteiger partial charge in [-0.05, 0) is 12.1 Å². The van der Waals surface area contributed by atoms with Gasteiger partial charge in [-0.2, -0.15) is 0 Å². The third-order valence-electron chi connectivity index (χ3n) is 3.34. The third kappa shape index (κ3) is 2.17. The lowest BCUT2D eigenvalue weighted by Crippen LogP contribution is -1.91. The minimum Gasteiger partial charge on any atom is -0.337 e. The van der Waals surface area contributed by atoms with E-state index in [0.29, 0.717) is 0 Å². The van der Waals surface area contributed by atoms with E-state index in [4.69, 9.17) is 0 Å². The van der Waals surface area contributed by atoms with Crippen molar-refractivity contribution in [3.8, 4) is 22.8 Å². The molecule has 0 bridgehead atoms. The Balaban J connectivity index is 1.82. The topological polar surface area (TPSA) is 54.5 Å². The van der Waals surface area contributed by atoms with Gasteiger partial charge in [0.25, 0.3) is 0 Å². The van der Waals surface area contributed by atoms with E-state index in [0.717, 1.165) is 33.8 Å². The van der Waals surface area contributed by atoms with Gasteiger partial charge >= 0.3 is 0 Å². The van der Waals surface area contributed by atoms with Gasteiger partial charge in [0.2, 0.25) is 0 Å². The van der Waals surface area contributed by atoms with Gasteiger partial charge in [0.15, 0.2) is 5.82 Å². The lowest BCUT2D eigenvalue weighted by Gasteiger charge is -2.01. The van der Waals surface area contributed by atoms with Crippen LogP contribution in [0.3, 0.4) is 0 Å². The van der Waals surface area contributed by atoms with Crippen molar-refractivity contribution in [2.45, 2.75) is 0 Å². The summed E-state index contributed by atoms with van der Waals surface area (Å²) in [5.74, 6) is 0.737. The number of rotatable bonds is 2. The first-order valence-electron chi connectivity index (χ1n) is 6.73. The number of hydrogen-bond acceptors (Lipinski definition) is 3. The van der Waals surface area contributed by atoms with Crippen LogP contribution < -0.4 is 0 Å². The van der Waals surface area contributed by atoms with Crippen molar-refractivity contribution in [3.05, 3.63) is 67.0 Å². The molecule has 0 spiro atoms. The van der Waals surface area contributed by atoms with Gasteiger partial charge in [0, 0.05) is 5.56 Å². The summed E-state index contributed by atoms with van der Waals surface area (Å²) >= 11 is 0. The van der Waals surface area contributed by atoms with Crippen molar-refractivity contribution in [2.75, 3.05) is 0 Å². The number of fused-ring (bicyclic) bond motifs is 1. The molecule has 4 aromatic rings. The van der Waals surface area contributed by atoms with Crippen LogP contribution in [0, 0.1) is 0 Å². The monoisotopic (exact) mass is 272 g/mol. The second-order valence-electron chi connectivity index (χ2n) is 4.76. The number of nitrogens with one attached hydrogen (secondary N) is 1. The molecule has 0 unspecified atom stereocenters. The molecule has 4 rings (SSSR count). The summed E-state index contributed by atoms with van der Waals surface area (Å²) in [5.41, 5.74) is 4.56. The quantitative estimate of drug-likeness (QED) is 0.605. The molecule has 0 saturated heterocycles. The Morgan fingerprint density at radius 3 is 2.33 bits per heavy atom. The molecule has 2 aromatic heterocycles. The minimum absolute atomic E-state index is 0.737. The molecule has 0 aliphatic heterocycles. The van der Waals surface area contributed by atoms with E-state index < -0.39 is 0 Å². The smallest absolute Gasteiger partial charge is 0.158 e. The first-order chi connectivity index (χ1) is 10.4. The Bertz CT molecular complexity index is 864. The van der Waals surface area contributed by atoms with Crippen LogP contribution in [0.25, 0.3) is 33.8 Å². The number of hydrogen-bond donors (Lipinski definition) is 1. The minimum atomic E-state index is 0.737. The van der Waals surface area contributed by atoms with Crippen LogP contribution in [0.2, 0.25) is 0 Å². The molecular weight excluding hydrogens is 260 g/mol. The molecule has 21 heavy (non-hydrogen) atoms. The number of aromatic nitrogens is 4. The van der Waals surface area contributed by atoms with E-state index in [1.54, 1.807) is 12.4 Å². The standard InChI is InChI=1S/C17H12N4/c1-2-6-12(7-3-1)15-10-18-11-16(19-15)17-20-13-8-4-5-9-14(13)21-17/h1-11H,(H,20,21). The maximum Gasteiger partial charge on any atom is 0.158 e. The average Bonchev–Trinajstić information content (AvgIpc) is 3.00. The molecular formula is C17H12N4. The van der Waals surface area contributed by atoms with Crippen LogP contribution in [-0.2, 0) is 0 Å². The van der Waals surface area contributed by atoms with Gasteiger partial charge in [0.1, 0.15) is 5.69 Å². The fourth-order valence-electron chi connectivity index (χ4n) is 2.30. The lowest BCUT2D eigenvalue weighted by molar-refractivity contribution is 1.17. The largest absolute Gasteiger partial charge is 0.337 e. The fraction of sp³-hybridized carbons (Fsp3) is 0. The summed E-state index contributed by atoms with van der Waals surface area (Å²) in [4.78, 5) is 16.8. The number of nitrogens with zero attached hydrogens (tertiary/aromatic N) is 3. The maximum atomic E-state index is 4.65. The molecule has 0 aliphatic rings. The second-order valence-corrected chi connectivity index (χ2v) is 4.76. The molecule has 0 atom stereocenters. The average molecular weight is 272 g/mol. The normalized spacial score (nSPS) is 10.9. The van der Waals surface area contributed by atoms with E-state index in [1.165, 1.54) is 0 Å². The molecule has 1 N–H and O–H groups in total. The van der Waals surface area contributed by atoms with E-state index in [1.807, 2.05) is 54.6 Å². The molecule has 100 valence electrons. The van der Waals surface area contributed by atoms with E-state index >= 15 is 0 Å². The Morgan fingerprint density at radius 2 is 1.48 bits per heavy atom. The molecule has 0 radical (unpaired) electrons. The van der Waals surface area contributed by atoms with Crippen molar-refractivity contribution in [1.29, 1.82) is 0 Å². The highest BCUT2D eigenvalue weighted by Gasteiger charge is 2.08. The van der Waals surface area contributed by atoms with Crippen molar-refractivity contribution in [3.63, 3.8) is 0 Å². The SMILES string of the molecule is c1ccc(-c2cncc(-c3nc4ccccc4[nH]3)n2)cc1. The zero-order valence-corrected chi connectivity index (χ0v) is 11.2. The van der Waals surface area contributed by atoms with E-state index in [9.17, 15) is 0 Å². The number of benzene rings is 2. The molecule has 0 saturated carbocycles. The molecule has 2 aromatic carbocycles. The second kappa shape index (κ2) is 4.83. The summed E-state index contributed by atoms with van der Waals surface area (Å²) in [6, 6.07) is 17.9. The summed E-state index contributed by atoms with van der Waals surface area (Å²) in [7, 11) is 0. The van der Waals surface area contributed by atoms with Crippen LogP contribution in [-0.4, -0.2) is 19.9 Å². The Kier molecular flexibility index (Phi) is 2.71. The third-order valence-corrected chi connectivity index (χ3v) is 3.34. The summed E-state index contributed by atoms with van der Waals surface area (Å²) in [6.07, 6.45) is 3.49. The molecule has 2 heterocycles. The van der Waals surface area contributed by atoms with Gasteiger partial charge in [0.05, 0.1) is 29.1 Å².